The third-order valence-electron chi connectivity index (χ3n) is 1.91. The van der Waals surface area contributed by atoms with Gasteiger partial charge in [-0.3, -0.25) is 4.79 Å². The van der Waals surface area contributed by atoms with E-state index in [9.17, 15) is 9.18 Å². The summed E-state index contributed by atoms with van der Waals surface area (Å²) in [7, 11) is 0. The van der Waals surface area contributed by atoms with Gasteiger partial charge in [0.25, 0.3) is 0 Å². The second-order valence-electron chi connectivity index (χ2n) is 3.40. The first kappa shape index (κ1) is 12.6. The lowest BCUT2D eigenvalue weighted by molar-refractivity contribution is -0.114. The van der Waals surface area contributed by atoms with Crippen LogP contribution >= 0.6 is 0 Å². The van der Waals surface area contributed by atoms with Gasteiger partial charge in [0.05, 0.1) is 0 Å². The van der Waals surface area contributed by atoms with Gasteiger partial charge in [-0.15, -0.1) is 0 Å². The molecule has 0 aromatic rings. The van der Waals surface area contributed by atoms with Crippen molar-refractivity contribution in [3.05, 3.63) is 35.7 Å². The van der Waals surface area contributed by atoms with Crippen LogP contribution in [-0.2, 0) is 4.79 Å². The molecule has 78 valence electrons. The summed E-state index contributed by atoms with van der Waals surface area (Å²) in [6.45, 7) is 8.99. The van der Waals surface area contributed by atoms with Crippen molar-refractivity contribution < 1.29 is 9.18 Å². The predicted octanol–water partition coefficient (Wildman–Crippen LogP) is 2.48. The molecule has 14 heavy (non-hydrogen) atoms. The van der Waals surface area contributed by atoms with Gasteiger partial charge < -0.3 is 5.73 Å². The molecule has 2 N–H and O–H groups in total. The fraction of sp³-hybridized carbons (Fsp3) is 0.364. The molecule has 0 atom stereocenters. The highest BCUT2D eigenvalue weighted by atomic mass is 19.1. The van der Waals surface area contributed by atoms with Crippen LogP contribution in [-0.4, -0.2) is 5.91 Å². The van der Waals surface area contributed by atoms with Crippen LogP contribution < -0.4 is 5.73 Å². The third kappa shape index (κ3) is 4.03. The minimum absolute atomic E-state index is 0.0715. The number of carbonyl (C=O) groups excluding carboxylic acids is 1. The first-order valence-electron chi connectivity index (χ1n) is 4.39. The standard InChI is InChI=1S/C11H16FNO/c1-7(2)8(3)5-6-10(12)9(4)11(13)14/h5-7H,3H2,1-2,4H3,(H2,13,14)/b6-5-,10-9-. The Hall–Kier alpha value is -1.38. The Morgan fingerprint density at radius 3 is 2.29 bits per heavy atom. The maximum absolute atomic E-state index is 13.1. The zero-order valence-corrected chi connectivity index (χ0v) is 8.80. The van der Waals surface area contributed by atoms with Crippen LogP contribution in [0.25, 0.3) is 0 Å². The van der Waals surface area contributed by atoms with Crippen molar-refractivity contribution in [2.45, 2.75) is 20.8 Å². The van der Waals surface area contributed by atoms with Crippen LogP contribution in [0.15, 0.2) is 35.7 Å². The molecule has 0 bridgehead atoms. The average molecular weight is 197 g/mol. The topological polar surface area (TPSA) is 43.1 Å². The number of hydrogen-bond acceptors (Lipinski definition) is 1. The molecule has 0 rings (SSSR count). The summed E-state index contributed by atoms with van der Waals surface area (Å²) >= 11 is 0. The number of amides is 1. The monoisotopic (exact) mass is 197 g/mol. The molecule has 0 aliphatic carbocycles. The van der Waals surface area contributed by atoms with Crippen molar-refractivity contribution in [1.29, 1.82) is 0 Å². The molecule has 0 unspecified atom stereocenters. The largest absolute Gasteiger partial charge is 0.366 e. The van der Waals surface area contributed by atoms with E-state index in [0.717, 1.165) is 5.57 Å². The van der Waals surface area contributed by atoms with Crippen molar-refractivity contribution in [2.75, 3.05) is 0 Å². The average Bonchev–Trinajstić information content (AvgIpc) is 2.11. The van der Waals surface area contributed by atoms with Gasteiger partial charge in [-0.25, -0.2) is 4.39 Å². The van der Waals surface area contributed by atoms with Crippen LogP contribution in [0.4, 0.5) is 4.39 Å². The lowest BCUT2D eigenvalue weighted by Gasteiger charge is -2.02. The smallest absolute Gasteiger partial charge is 0.247 e. The quantitative estimate of drug-likeness (QED) is 0.546. The normalized spacial score (nSPS) is 13.2. The molecule has 1 amide bonds. The van der Waals surface area contributed by atoms with Crippen molar-refractivity contribution in [3.63, 3.8) is 0 Å². The fourth-order valence-corrected chi connectivity index (χ4v) is 0.615. The van der Waals surface area contributed by atoms with Gasteiger partial charge in [-0.1, -0.05) is 32.1 Å². The highest BCUT2D eigenvalue weighted by Gasteiger charge is 2.04. The second kappa shape index (κ2) is 5.37. The minimum atomic E-state index is -0.748. The third-order valence-corrected chi connectivity index (χ3v) is 1.91. The fourth-order valence-electron chi connectivity index (χ4n) is 0.615. The molecule has 0 fully saturated rings. The molecular weight excluding hydrogens is 181 g/mol. The van der Waals surface area contributed by atoms with Crippen LogP contribution in [0.2, 0.25) is 0 Å². The number of nitrogens with two attached hydrogens (primary N) is 1. The van der Waals surface area contributed by atoms with E-state index in [2.05, 4.69) is 6.58 Å². The Balaban J connectivity index is 4.61. The number of carbonyl (C=O) groups is 1. The molecular formula is C11H16FNO. The molecule has 0 aromatic carbocycles. The van der Waals surface area contributed by atoms with E-state index in [0.29, 0.717) is 0 Å². The van der Waals surface area contributed by atoms with Crippen LogP contribution in [0.1, 0.15) is 20.8 Å². The van der Waals surface area contributed by atoms with Gasteiger partial charge in [0.1, 0.15) is 5.83 Å². The summed E-state index contributed by atoms with van der Waals surface area (Å²) in [4.78, 5) is 10.6. The lowest BCUT2D eigenvalue weighted by Crippen LogP contribution is -2.12. The number of halogens is 1. The van der Waals surface area contributed by atoms with E-state index in [1.165, 1.54) is 13.0 Å². The summed E-state index contributed by atoms with van der Waals surface area (Å²) in [6.07, 6.45) is 2.76. The van der Waals surface area contributed by atoms with Gasteiger partial charge in [0.2, 0.25) is 5.91 Å². The maximum Gasteiger partial charge on any atom is 0.247 e. The molecule has 0 aliphatic heterocycles. The van der Waals surface area contributed by atoms with E-state index in [1.54, 1.807) is 6.08 Å². The molecule has 0 radical (unpaired) electrons. The molecule has 2 nitrogen and oxygen atoms in total. The van der Waals surface area contributed by atoms with Gasteiger partial charge in [-0.05, 0) is 18.9 Å². The molecule has 0 heterocycles. The lowest BCUT2D eigenvalue weighted by atomic mass is 10.0. The number of rotatable bonds is 4. The van der Waals surface area contributed by atoms with E-state index in [1.807, 2.05) is 13.8 Å². The van der Waals surface area contributed by atoms with Crippen molar-refractivity contribution in [3.8, 4) is 0 Å². The molecule has 0 aliphatic rings. The first-order chi connectivity index (χ1) is 6.36. The number of primary amides is 1. The van der Waals surface area contributed by atoms with Gasteiger partial charge in [0, 0.05) is 5.57 Å². The maximum atomic E-state index is 13.1. The zero-order chi connectivity index (χ0) is 11.3. The Bertz CT molecular complexity index is 300. The molecule has 0 saturated carbocycles. The highest BCUT2D eigenvalue weighted by molar-refractivity contribution is 5.92. The van der Waals surface area contributed by atoms with E-state index in [-0.39, 0.29) is 11.5 Å². The Kier molecular flexibility index (Phi) is 4.84. The summed E-state index contributed by atoms with van der Waals surface area (Å²) in [5.41, 5.74) is 5.64. The first-order valence-corrected chi connectivity index (χ1v) is 4.39. The van der Waals surface area contributed by atoms with Gasteiger partial charge in [0.15, 0.2) is 0 Å². The summed E-state index contributed by atoms with van der Waals surface area (Å²) in [6, 6.07) is 0. The van der Waals surface area contributed by atoms with Crippen molar-refractivity contribution in [2.24, 2.45) is 11.7 Å². The van der Waals surface area contributed by atoms with E-state index in [4.69, 9.17) is 5.73 Å². The Morgan fingerprint density at radius 1 is 1.43 bits per heavy atom. The Labute approximate surface area is 84.0 Å². The van der Waals surface area contributed by atoms with Crippen LogP contribution in [0.5, 0.6) is 0 Å². The van der Waals surface area contributed by atoms with Crippen molar-refractivity contribution >= 4 is 5.91 Å². The second-order valence-corrected chi connectivity index (χ2v) is 3.40. The van der Waals surface area contributed by atoms with E-state index >= 15 is 0 Å². The van der Waals surface area contributed by atoms with Crippen molar-refractivity contribution in [1.82, 2.24) is 0 Å². The van der Waals surface area contributed by atoms with Crippen LogP contribution in [0, 0.1) is 5.92 Å². The summed E-state index contributed by atoms with van der Waals surface area (Å²) < 4.78 is 13.1. The SMILES string of the molecule is C=C(/C=C\C(F)=C(/C)C(N)=O)C(C)C. The van der Waals surface area contributed by atoms with Gasteiger partial charge in [-0.2, -0.15) is 0 Å². The Morgan fingerprint density at radius 2 is 1.93 bits per heavy atom. The van der Waals surface area contributed by atoms with Crippen LogP contribution in [0.3, 0.4) is 0 Å². The van der Waals surface area contributed by atoms with E-state index < -0.39 is 11.7 Å². The molecule has 0 aromatic heterocycles. The highest BCUT2D eigenvalue weighted by Crippen LogP contribution is 2.12. The summed E-state index contributed by atoms with van der Waals surface area (Å²) in [5.74, 6) is -1.10. The predicted molar refractivity (Wildman–Crippen MR) is 56.1 cm³/mol. The number of allylic oxidation sites excluding steroid dienone is 4. The number of hydrogen-bond donors (Lipinski definition) is 1. The molecule has 0 saturated heterocycles. The minimum Gasteiger partial charge on any atom is -0.366 e. The molecule has 3 heteroatoms. The molecule has 0 spiro atoms. The summed E-state index contributed by atoms with van der Waals surface area (Å²) in [5, 5.41) is 0. The van der Waals surface area contributed by atoms with Gasteiger partial charge >= 0.3 is 0 Å². The zero-order valence-electron chi connectivity index (χ0n) is 8.80.